The van der Waals surface area contributed by atoms with Gasteiger partial charge in [-0.2, -0.15) is 11.8 Å². The van der Waals surface area contributed by atoms with E-state index in [1.165, 1.54) is 18.7 Å². The van der Waals surface area contributed by atoms with Gasteiger partial charge < -0.3 is 59.7 Å². The molecular weight excluding hydrogens is 588 g/mol. The van der Waals surface area contributed by atoms with Crippen molar-refractivity contribution >= 4 is 35.5 Å². The first-order chi connectivity index (χ1) is 20.0. The Morgan fingerprint density at radius 1 is 0.929 bits per heavy atom. The molecule has 4 unspecified atom stereocenters. The highest BCUT2D eigenvalue weighted by Gasteiger charge is 2.51. The Bertz CT molecular complexity index is 926. The molecule has 0 aromatic rings. The van der Waals surface area contributed by atoms with Crippen molar-refractivity contribution < 1.29 is 73.6 Å². The highest BCUT2D eigenvalue weighted by molar-refractivity contribution is 7.99. The van der Waals surface area contributed by atoms with Crippen molar-refractivity contribution in [3.05, 3.63) is 0 Å². The Morgan fingerprint density at radius 3 is 2.17 bits per heavy atom. The highest BCUT2D eigenvalue weighted by atomic mass is 32.2. The number of hydrogen-bond acceptors (Lipinski definition) is 16. The maximum Gasteiger partial charge on any atom is 0.334 e. The predicted molar refractivity (Wildman–Crippen MR) is 138 cm³/mol. The number of hydroxylamine groups is 2. The lowest BCUT2D eigenvalue weighted by Crippen LogP contribution is -2.68. The average molecular weight is 627 g/mol. The first kappa shape index (κ1) is 34.5. The monoisotopic (exact) mass is 626 g/mol. The summed E-state index contributed by atoms with van der Waals surface area (Å²) in [6.07, 6.45) is -13.1. The minimum absolute atomic E-state index is 0.00695. The van der Waals surface area contributed by atoms with Crippen molar-refractivity contribution in [1.82, 2.24) is 10.4 Å². The molecule has 0 saturated carbocycles. The van der Waals surface area contributed by atoms with Crippen LogP contribution in [0.3, 0.4) is 0 Å². The number of nitrogens with one attached hydrogen (secondary N) is 1. The Morgan fingerprint density at radius 2 is 1.55 bits per heavy atom. The lowest BCUT2D eigenvalue weighted by Gasteiger charge is -2.47. The van der Waals surface area contributed by atoms with Gasteiger partial charge >= 0.3 is 5.97 Å². The van der Waals surface area contributed by atoms with E-state index in [2.05, 4.69) is 5.32 Å². The molecule has 7 N–H and O–H groups in total. The van der Waals surface area contributed by atoms with Crippen LogP contribution in [0.5, 0.6) is 0 Å². The second kappa shape index (κ2) is 16.2. The van der Waals surface area contributed by atoms with Crippen molar-refractivity contribution in [3.8, 4) is 0 Å². The molecule has 0 spiro atoms. The van der Waals surface area contributed by atoms with E-state index in [4.69, 9.17) is 23.8 Å². The third kappa shape index (κ3) is 8.79. The molecule has 17 nitrogen and oxygen atoms in total. The van der Waals surface area contributed by atoms with Gasteiger partial charge in [0.25, 0.3) is 11.8 Å². The predicted octanol–water partition coefficient (Wildman–Crippen LogP) is -4.11. The molecule has 18 heteroatoms. The van der Waals surface area contributed by atoms with Crippen LogP contribution in [0, 0.1) is 0 Å². The topological polar surface area (TPSA) is 251 Å². The summed E-state index contributed by atoms with van der Waals surface area (Å²) < 4.78 is 22.5. The Hall–Kier alpha value is -1.97. The number of carbonyl (C=O) groups excluding carboxylic acids is 4. The van der Waals surface area contributed by atoms with Crippen LogP contribution >= 0.6 is 11.8 Å². The molecule has 3 amide bonds. The quantitative estimate of drug-likeness (QED) is 0.0714. The Balaban J connectivity index is 1.52. The summed E-state index contributed by atoms with van der Waals surface area (Å²) in [6.45, 7) is -0.0964. The summed E-state index contributed by atoms with van der Waals surface area (Å²) >= 11 is 1.38. The van der Waals surface area contributed by atoms with E-state index in [0.29, 0.717) is 23.0 Å². The lowest BCUT2D eigenvalue weighted by molar-refractivity contribution is -0.344. The molecule has 3 aliphatic heterocycles. The third-order valence-electron chi connectivity index (χ3n) is 6.73. The molecule has 3 rings (SSSR count). The maximum atomic E-state index is 12.0. The van der Waals surface area contributed by atoms with Crippen LogP contribution in [-0.4, -0.2) is 152 Å². The van der Waals surface area contributed by atoms with E-state index in [9.17, 15) is 49.8 Å². The van der Waals surface area contributed by atoms with Crippen molar-refractivity contribution in [3.63, 3.8) is 0 Å². The number of nitrogens with zero attached hydrogens (tertiary/aromatic N) is 1. The van der Waals surface area contributed by atoms with Crippen LogP contribution in [0.4, 0.5) is 0 Å². The molecule has 3 fully saturated rings. The van der Waals surface area contributed by atoms with Gasteiger partial charge in [0, 0.05) is 25.5 Å². The molecule has 0 bridgehead atoms. The molecular formula is C24H38N2O15S. The first-order valence-corrected chi connectivity index (χ1v) is 14.6. The molecule has 42 heavy (non-hydrogen) atoms. The van der Waals surface area contributed by atoms with Gasteiger partial charge in [-0.15, -0.1) is 5.06 Å². The molecule has 0 radical (unpaired) electrons. The molecule has 0 aliphatic carbocycles. The van der Waals surface area contributed by atoms with Crippen LogP contribution in [0.25, 0.3) is 0 Å². The number of imide groups is 1. The average Bonchev–Trinajstić information content (AvgIpc) is 3.27. The zero-order valence-corrected chi connectivity index (χ0v) is 23.7. The van der Waals surface area contributed by atoms with Crippen molar-refractivity contribution in [2.75, 3.05) is 31.3 Å². The molecule has 3 aliphatic rings. The van der Waals surface area contributed by atoms with E-state index in [1.54, 1.807) is 0 Å². The second-order valence-corrected chi connectivity index (χ2v) is 11.1. The molecule has 3 saturated heterocycles. The molecule has 10 atom stereocenters. The van der Waals surface area contributed by atoms with Crippen molar-refractivity contribution in [2.24, 2.45) is 0 Å². The number of hydrogen-bond donors (Lipinski definition) is 7. The van der Waals surface area contributed by atoms with E-state index in [-0.39, 0.29) is 25.9 Å². The Kier molecular flexibility index (Phi) is 13.3. The fourth-order valence-corrected chi connectivity index (χ4v) is 5.36. The number of aliphatic hydroxyl groups is 6. The summed E-state index contributed by atoms with van der Waals surface area (Å²) in [6, 6.07) is -1.17. The number of rotatable bonds is 14. The van der Waals surface area contributed by atoms with E-state index in [0.717, 1.165) is 0 Å². The SMILES string of the molecule is CC(=O)NC1[C@@H](OCCCSCCC(=O)ON2C(=O)CCC2=O)OC(CO)[C@H](O)[C@@H]1O[C@@H]1OC(CO)[C@H](O)[C@H](O)C1O. The van der Waals surface area contributed by atoms with Crippen LogP contribution < -0.4 is 5.32 Å². The van der Waals surface area contributed by atoms with E-state index in [1.807, 2.05) is 0 Å². The fourth-order valence-electron chi connectivity index (χ4n) is 4.52. The van der Waals surface area contributed by atoms with Crippen LogP contribution in [0.15, 0.2) is 0 Å². The third-order valence-corrected chi connectivity index (χ3v) is 7.80. The number of thioether (sulfide) groups is 1. The first-order valence-electron chi connectivity index (χ1n) is 13.4. The Labute approximate surface area is 244 Å². The van der Waals surface area contributed by atoms with E-state index < -0.39 is 98.3 Å². The van der Waals surface area contributed by atoms with Gasteiger partial charge in [0.2, 0.25) is 5.91 Å². The van der Waals surface area contributed by atoms with Gasteiger partial charge in [0.1, 0.15) is 48.8 Å². The summed E-state index contributed by atoms with van der Waals surface area (Å²) in [7, 11) is 0. The highest BCUT2D eigenvalue weighted by Crippen LogP contribution is 2.30. The van der Waals surface area contributed by atoms with Crippen molar-refractivity contribution in [1.29, 1.82) is 0 Å². The summed E-state index contributed by atoms with van der Waals surface area (Å²) in [4.78, 5) is 51.7. The number of ether oxygens (including phenoxy) is 4. The molecule has 240 valence electrons. The summed E-state index contributed by atoms with van der Waals surface area (Å²) in [5.74, 6) is -1.51. The van der Waals surface area contributed by atoms with Crippen LogP contribution in [-0.2, 0) is 43.0 Å². The van der Waals surface area contributed by atoms with E-state index >= 15 is 0 Å². The smallest absolute Gasteiger partial charge is 0.334 e. The van der Waals surface area contributed by atoms with Gasteiger partial charge in [0.05, 0.1) is 26.2 Å². The fraction of sp³-hybridized carbons (Fsp3) is 0.833. The minimum Gasteiger partial charge on any atom is -0.394 e. The van der Waals surface area contributed by atoms with Crippen molar-refractivity contribution in [2.45, 2.75) is 94.0 Å². The standard InChI is InChI=1S/C24H38N2O15S/c1-11(29)25-17-22(40-24-21(36)20(35)18(33)12(9-27)39-24)19(34)13(10-28)38-23(17)37-6-2-7-42-8-5-16(32)41-26-14(30)3-4-15(26)31/h12-13,17-24,27-28,33-36H,2-10H2,1H3,(H,25,29)/t12?,13?,17?,18-,19-,20-,21?,22+,23-,24-/m0/s1. The van der Waals surface area contributed by atoms with Gasteiger partial charge in [-0.05, 0) is 12.2 Å². The van der Waals surface area contributed by atoms with Gasteiger partial charge in [-0.25, -0.2) is 4.79 Å². The summed E-state index contributed by atoms with van der Waals surface area (Å²) in [5.41, 5.74) is 0. The summed E-state index contributed by atoms with van der Waals surface area (Å²) in [5, 5.41) is 63.6. The lowest BCUT2D eigenvalue weighted by atomic mass is 9.95. The second-order valence-electron chi connectivity index (χ2n) is 9.87. The van der Waals surface area contributed by atoms with Gasteiger partial charge in [0.15, 0.2) is 12.6 Å². The largest absolute Gasteiger partial charge is 0.394 e. The zero-order chi connectivity index (χ0) is 31.0. The van der Waals surface area contributed by atoms with Gasteiger partial charge in [-0.1, -0.05) is 0 Å². The molecule has 0 aromatic heterocycles. The normalized spacial score (nSPS) is 35.4. The molecule has 3 heterocycles. The van der Waals surface area contributed by atoms with Gasteiger partial charge in [-0.3, -0.25) is 14.4 Å². The van der Waals surface area contributed by atoms with Crippen LogP contribution in [0.2, 0.25) is 0 Å². The number of aliphatic hydroxyl groups excluding tert-OH is 6. The minimum atomic E-state index is -1.78. The van der Waals surface area contributed by atoms with Crippen LogP contribution in [0.1, 0.15) is 32.6 Å². The number of carbonyl (C=O) groups is 4. The zero-order valence-electron chi connectivity index (χ0n) is 22.9. The number of amides is 3. The maximum absolute atomic E-state index is 12.0. The molecule has 0 aromatic carbocycles.